The Hall–Kier alpha value is -1.52. The maximum atomic E-state index is 12.4. The molecule has 0 aromatic heterocycles. The van der Waals surface area contributed by atoms with Crippen LogP contribution in [0.15, 0.2) is 30.3 Å². The average molecular weight is 258 g/mol. The molecule has 2 nitrogen and oxygen atoms in total. The molecule has 5 heteroatoms. The van der Waals surface area contributed by atoms with E-state index in [1.807, 2.05) is 0 Å². The van der Waals surface area contributed by atoms with Crippen molar-refractivity contribution < 1.29 is 22.7 Å². The number of esters is 1. The van der Waals surface area contributed by atoms with Crippen molar-refractivity contribution in [3.63, 3.8) is 0 Å². The Morgan fingerprint density at radius 1 is 1.22 bits per heavy atom. The van der Waals surface area contributed by atoms with E-state index in [0.29, 0.717) is 12.0 Å². The van der Waals surface area contributed by atoms with Crippen molar-refractivity contribution in [2.24, 2.45) is 0 Å². The number of hydrogen-bond acceptors (Lipinski definition) is 2. The number of cyclic esters (lactones) is 1. The molecule has 0 saturated carbocycles. The number of halogens is 3. The predicted molar refractivity (Wildman–Crippen MR) is 58.7 cm³/mol. The molecule has 1 aromatic carbocycles. The van der Waals surface area contributed by atoms with Crippen molar-refractivity contribution in [2.45, 2.75) is 37.5 Å². The van der Waals surface area contributed by atoms with Crippen molar-refractivity contribution in [1.29, 1.82) is 0 Å². The van der Waals surface area contributed by atoms with E-state index in [0.717, 1.165) is 0 Å². The van der Waals surface area contributed by atoms with E-state index in [2.05, 4.69) is 0 Å². The first-order chi connectivity index (χ1) is 8.41. The quantitative estimate of drug-likeness (QED) is 0.775. The zero-order valence-electron chi connectivity index (χ0n) is 9.67. The van der Waals surface area contributed by atoms with Crippen molar-refractivity contribution >= 4 is 5.97 Å². The molecule has 98 valence electrons. The van der Waals surface area contributed by atoms with E-state index >= 15 is 0 Å². The highest BCUT2D eigenvalue weighted by Crippen LogP contribution is 2.42. The van der Waals surface area contributed by atoms with Gasteiger partial charge in [-0.25, -0.2) is 0 Å². The van der Waals surface area contributed by atoms with E-state index in [9.17, 15) is 18.0 Å². The first-order valence-corrected chi connectivity index (χ1v) is 5.75. The Morgan fingerprint density at radius 2 is 1.89 bits per heavy atom. The van der Waals surface area contributed by atoms with Gasteiger partial charge in [0.2, 0.25) is 0 Å². The minimum Gasteiger partial charge on any atom is -0.454 e. The number of carbonyl (C=O) groups is 1. The van der Waals surface area contributed by atoms with Gasteiger partial charge in [0.25, 0.3) is 0 Å². The molecule has 0 aliphatic carbocycles. The molecule has 1 unspecified atom stereocenters. The zero-order chi connectivity index (χ0) is 13.2. The molecule has 1 aliphatic heterocycles. The number of carbonyl (C=O) groups excluding carboxylic acids is 1. The lowest BCUT2D eigenvalue weighted by molar-refractivity contribution is -0.162. The van der Waals surface area contributed by atoms with Gasteiger partial charge in [0.15, 0.2) is 0 Å². The summed E-state index contributed by atoms with van der Waals surface area (Å²) in [6.45, 7) is 0. The minimum atomic E-state index is -4.24. The molecular weight excluding hydrogens is 245 g/mol. The SMILES string of the molecule is O=C1CCC(CCC(F)(F)F)(c2ccccc2)O1. The maximum absolute atomic E-state index is 12.4. The van der Waals surface area contributed by atoms with Gasteiger partial charge in [-0.1, -0.05) is 30.3 Å². The van der Waals surface area contributed by atoms with Crippen molar-refractivity contribution in [2.75, 3.05) is 0 Å². The van der Waals surface area contributed by atoms with Crippen LogP contribution in [-0.2, 0) is 15.1 Å². The van der Waals surface area contributed by atoms with Crippen molar-refractivity contribution in [1.82, 2.24) is 0 Å². The number of rotatable bonds is 3. The van der Waals surface area contributed by atoms with Gasteiger partial charge in [0.05, 0.1) is 0 Å². The van der Waals surface area contributed by atoms with Crippen LogP contribution >= 0.6 is 0 Å². The highest BCUT2D eigenvalue weighted by Gasteiger charge is 2.44. The summed E-state index contributed by atoms with van der Waals surface area (Å²) in [6, 6.07) is 8.65. The third-order valence-electron chi connectivity index (χ3n) is 3.15. The predicted octanol–water partition coefficient (Wildman–Crippen LogP) is 3.56. The minimum absolute atomic E-state index is 0.173. The second-order valence-corrected chi connectivity index (χ2v) is 4.45. The summed E-state index contributed by atoms with van der Waals surface area (Å²) in [5.74, 6) is -0.430. The van der Waals surface area contributed by atoms with Gasteiger partial charge in [-0.15, -0.1) is 0 Å². The fourth-order valence-electron chi connectivity index (χ4n) is 2.23. The van der Waals surface area contributed by atoms with Crippen LogP contribution in [0.4, 0.5) is 13.2 Å². The molecule has 1 saturated heterocycles. The van der Waals surface area contributed by atoms with Crippen LogP contribution < -0.4 is 0 Å². The smallest absolute Gasteiger partial charge is 0.389 e. The first-order valence-electron chi connectivity index (χ1n) is 5.75. The Balaban J connectivity index is 2.22. The summed E-state index contributed by atoms with van der Waals surface area (Å²) in [6.07, 6.45) is -4.92. The largest absolute Gasteiger partial charge is 0.454 e. The second kappa shape index (κ2) is 4.63. The normalized spacial score (nSPS) is 24.1. The van der Waals surface area contributed by atoms with E-state index < -0.39 is 24.2 Å². The van der Waals surface area contributed by atoms with Crippen molar-refractivity contribution in [3.8, 4) is 0 Å². The molecule has 1 aliphatic rings. The van der Waals surface area contributed by atoms with E-state index in [-0.39, 0.29) is 12.8 Å². The van der Waals surface area contributed by atoms with Gasteiger partial charge < -0.3 is 4.74 Å². The number of alkyl halides is 3. The van der Waals surface area contributed by atoms with E-state index in [4.69, 9.17) is 4.74 Å². The second-order valence-electron chi connectivity index (χ2n) is 4.45. The molecular formula is C13H13F3O2. The van der Waals surface area contributed by atoms with Crippen LogP contribution in [-0.4, -0.2) is 12.1 Å². The summed E-state index contributed by atoms with van der Waals surface area (Å²) in [7, 11) is 0. The molecule has 1 atom stereocenters. The Bertz CT molecular complexity index is 428. The molecule has 0 spiro atoms. The number of hydrogen-bond donors (Lipinski definition) is 0. The Morgan fingerprint density at radius 3 is 2.39 bits per heavy atom. The first kappa shape index (κ1) is 12.9. The van der Waals surface area contributed by atoms with Crippen molar-refractivity contribution in [3.05, 3.63) is 35.9 Å². The molecule has 1 heterocycles. The molecule has 0 radical (unpaired) electrons. The van der Waals surface area contributed by atoms with Gasteiger partial charge in [-0.05, 0) is 5.56 Å². The molecule has 0 N–H and O–H groups in total. The fourth-order valence-corrected chi connectivity index (χ4v) is 2.23. The van der Waals surface area contributed by atoms with E-state index in [1.165, 1.54) is 0 Å². The van der Waals surface area contributed by atoms with Gasteiger partial charge in [0, 0.05) is 25.7 Å². The molecule has 0 bridgehead atoms. The van der Waals surface area contributed by atoms with Crippen LogP contribution in [0.5, 0.6) is 0 Å². The summed E-state index contributed by atoms with van der Waals surface area (Å²) in [5, 5.41) is 0. The van der Waals surface area contributed by atoms with E-state index in [1.54, 1.807) is 30.3 Å². The topological polar surface area (TPSA) is 26.3 Å². The molecule has 0 amide bonds. The molecule has 1 fully saturated rings. The summed E-state index contributed by atoms with van der Waals surface area (Å²) >= 11 is 0. The summed E-state index contributed by atoms with van der Waals surface area (Å²) in [4.78, 5) is 11.3. The van der Waals surface area contributed by atoms with Crippen LogP contribution in [0.25, 0.3) is 0 Å². The standard InChI is InChI=1S/C13H13F3O2/c14-13(15,16)9-8-12(7-6-11(17)18-12)10-4-2-1-3-5-10/h1-5H,6-9H2. The highest BCUT2D eigenvalue weighted by molar-refractivity contribution is 5.72. The third-order valence-corrected chi connectivity index (χ3v) is 3.15. The maximum Gasteiger partial charge on any atom is 0.389 e. The van der Waals surface area contributed by atoms with Gasteiger partial charge in [-0.3, -0.25) is 4.79 Å². The summed E-state index contributed by atoms with van der Waals surface area (Å²) < 4.78 is 42.2. The number of benzene rings is 1. The van der Waals surface area contributed by atoms with Gasteiger partial charge in [0.1, 0.15) is 5.60 Å². The highest BCUT2D eigenvalue weighted by atomic mass is 19.4. The molecule has 1 aromatic rings. The fraction of sp³-hybridized carbons (Fsp3) is 0.462. The lowest BCUT2D eigenvalue weighted by Gasteiger charge is -2.28. The number of ether oxygens (including phenoxy) is 1. The Labute approximate surface area is 103 Å². The monoisotopic (exact) mass is 258 g/mol. The zero-order valence-corrected chi connectivity index (χ0v) is 9.67. The lowest BCUT2D eigenvalue weighted by atomic mass is 9.86. The average Bonchev–Trinajstić information content (AvgIpc) is 2.70. The third kappa shape index (κ3) is 2.83. The molecule has 2 rings (SSSR count). The lowest BCUT2D eigenvalue weighted by Crippen LogP contribution is -2.28. The van der Waals surface area contributed by atoms with Gasteiger partial charge >= 0.3 is 12.1 Å². The Kier molecular flexibility index (Phi) is 3.32. The van der Waals surface area contributed by atoms with Crippen LogP contribution in [0.2, 0.25) is 0 Å². The molecule has 18 heavy (non-hydrogen) atoms. The van der Waals surface area contributed by atoms with Crippen LogP contribution in [0.1, 0.15) is 31.2 Å². The van der Waals surface area contributed by atoms with Crippen LogP contribution in [0.3, 0.4) is 0 Å². The van der Waals surface area contributed by atoms with Crippen LogP contribution in [0, 0.1) is 0 Å². The van der Waals surface area contributed by atoms with Gasteiger partial charge in [-0.2, -0.15) is 13.2 Å². The summed E-state index contributed by atoms with van der Waals surface area (Å²) in [5.41, 5.74) is -0.464.